The Kier molecular flexibility index (Phi) is 2.88. The van der Waals surface area contributed by atoms with E-state index in [9.17, 15) is 4.39 Å². The van der Waals surface area contributed by atoms with Crippen LogP contribution in [0.1, 0.15) is 17.2 Å². The Balaban J connectivity index is 2.42. The summed E-state index contributed by atoms with van der Waals surface area (Å²) in [7, 11) is 0. The van der Waals surface area contributed by atoms with Crippen molar-refractivity contribution in [3.63, 3.8) is 0 Å². The van der Waals surface area contributed by atoms with Gasteiger partial charge >= 0.3 is 0 Å². The van der Waals surface area contributed by atoms with Crippen molar-refractivity contribution in [3.8, 4) is 6.07 Å². The van der Waals surface area contributed by atoms with E-state index in [1.807, 2.05) is 0 Å². The van der Waals surface area contributed by atoms with Gasteiger partial charge in [0.05, 0.1) is 11.8 Å². The second-order valence-corrected chi connectivity index (χ2v) is 3.27. The van der Waals surface area contributed by atoms with Crippen molar-refractivity contribution in [2.45, 2.75) is 5.92 Å². The van der Waals surface area contributed by atoms with Crippen LogP contribution in [0.25, 0.3) is 0 Å². The van der Waals surface area contributed by atoms with Crippen molar-refractivity contribution < 1.29 is 4.39 Å². The third kappa shape index (κ3) is 2.04. The number of nitriles is 1. The molecule has 1 heterocycles. The summed E-state index contributed by atoms with van der Waals surface area (Å²) < 4.78 is 13.0. The van der Waals surface area contributed by atoms with Crippen LogP contribution in [0.4, 0.5) is 4.39 Å². The lowest BCUT2D eigenvalue weighted by atomic mass is 9.97. The van der Waals surface area contributed by atoms with Crippen molar-refractivity contribution in [2.24, 2.45) is 0 Å². The zero-order valence-electron chi connectivity index (χ0n) is 8.34. The van der Waals surface area contributed by atoms with Gasteiger partial charge in [-0.2, -0.15) is 15.5 Å². The molecule has 4 heteroatoms. The SMILES string of the molecule is N#CC(c1cccc(F)c1)c1cccnn1. The molecule has 0 aliphatic heterocycles. The molecule has 0 saturated heterocycles. The number of rotatable bonds is 2. The maximum Gasteiger partial charge on any atom is 0.123 e. The van der Waals surface area contributed by atoms with Gasteiger partial charge < -0.3 is 0 Å². The van der Waals surface area contributed by atoms with Gasteiger partial charge in [0.1, 0.15) is 11.7 Å². The zero-order valence-corrected chi connectivity index (χ0v) is 8.34. The van der Waals surface area contributed by atoms with Crippen molar-refractivity contribution in [3.05, 3.63) is 59.7 Å². The smallest absolute Gasteiger partial charge is 0.123 e. The average molecular weight is 213 g/mol. The summed E-state index contributed by atoms with van der Waals surface area (Å²) in [5.74, 6) is -0.939. The summed E-state index contributed by atoms with van der Waals surface area (Å²) >= 11 is 0. The number of benzene rings is 1. The molecule has 16 heavy (non-hydrogen) atoms. The van der Waals surface area contributed by atoms with Crippen LogP contribution in [0.15, 0.2) is 42.6 Å². The fourth-order valence-corrected chi connectivity index (χ4v) is 1.46. The Morgan fingerprint density at radius 2 is 2.12 bits per heavy atom. The molecule has 1 aromatic heterocycles. The zero-order chi connectivity index (χ0) is 11.4. The van der Waals surface area contributed by atoms with Gasteiger partial charge in [-0.3, -0.25) is 0 Å². The summed E-state index contributed by atoms with van der Waals surface area (Å²) in [6.45, 7) is 0. The Labute approximate surface area is 92.2 Å². The molecule has 78 valence electrons. The van der Waals surface area contributed by atoms with Gasteiger partial charge in [0, 0.05) is 6.20 Å². The van der Waals surface area contributed by atoms with Crippen molar-refractivity contribution in [2.75, 3.05) is 0 Å². The first kappa shape index (κ1) is 10.2. The molecular weight excluding hydrogens is 205 g/mol. The molecule has 0 N–H and O–H groups in total. The van der Waals surface area contributed by atoms with Crippen LogP contribution in [-0.4, -0.2) is 10.2 Å². The van der Waals surface area contributed by atoms with E-state index < -0.39 is 5.92 Å². The minimum Gasteiger partial charge on any atom is -0.207 e. The minimum atomic E-state index is -0.579. The number of halogens is 1. The summed E-state index contributed by atoms with van der Waals surface area (Å²) in [4.78, 5) is 0. The molecule has 1 unspecified atom stereocenters. The van der Waals surface area contributed by atoms with Gasteiger partial charge in [0.15, 0.2) is 0 Å². The first-order valence-corrected chi connectivity index (χ1v) is 4.74. The summed E-state index contributed by atoms with van der Waals surface area (Å²) in [6.07, 6.45) is 1.53. The van der Waals surface area contributed by atoms with Gasteiger partial charge in [0.25, 0.3) is 0 Å². The van der Waals surface area contributed by atoms with Crippen LogP contribution in [-0.2, 0) is 0 Å². The number of hydrogen-bond acceptors (Lipinski definition) is 3. The predicted molar refractivity (Wildman–Crippen MR) is 55.9 cm³/mol. The molecule has 1 atom stereocenters. The highest BCUT2D eigenvalue weighted by molar-refractivity contribution is 5.33. The lowest BCUT2D eigenvalue weighted by Crippen LogP contribution is -2.02. The molecule has 0 fully saturated rings. The standard InChI is InChI=1S/C12H8FN3/c13-10-4-1-3-9(7-10)11(8-14)12-5-2-6-15-16-12/h1-7,11H. The molecule has 0 radical (unpaired) electrons. The summed E-state index contributed by atoms with van der Waals surface area (Å²) in [5.41, 5.74) is 1.11. The predicted octanol–water partition coefficient (Wildman–Crippen LogP) is 2.27. The quantitative estimate of drug-likeness (QED) is 0.768. The van der Waals surface area contributed by atoms with E-state index in [1.165, 1.54) is 18.3 Å². The monoisotopic (exact) mass is 213 g/mol. The van der Waals surface area contributed by atoms with Crippen LogP contribution >= 0.6 is 0 Å². The highest BCUT2D eigenvalue weighted by atomic mass is 19.1. The van der Waals surface area contributed by atoms with Crippen molar-refractivity contribution in [1.82, 2.24) is 10.2 Å². The molecule has 2 aromatic rings. The average Bonchev–Trinajstić information content (AvgIpc) is 2.31. The molecule has 1 aromatic carbocycles. The molecular formula is C12H8FN3. The van der Waals surface area contributed by atoms with E-state index in [-0.39, 0.29) is 5.82 Å². The van der Waals surface area contributed by atoms with Crippen LogP contribution in [0.5, 0.6) is 0 Å². The van der Waals surface area contributed by atoms with E-state index in [2.05, 4.69) is 16.3 Å². The first-order valence-electron chi connectivity index (χ1n) is 4.74. The lowest BCUT2D eigenvalue weighted by Gasteiger charge is -2.07. The molecule has 0 aliphatic rings. The van der Waals surface area contributed by atoms with Crippen LogP contribution < -0.4 is 0 Å². The van der Waals surface area contributed by atoms with E-state index in [0.717, 1.165) is 0 Å². The van der Waals surface area contributed by atoms with E-state index >= 15 is 0 Å². The van der Waals surface area contributed by atoms with Crippen molar-refractivity contribution in [1.29, 1.82) is 5.26 Å². The Morgan fingerprint density at radius 1 is 1.25 bits per heavy atom. The van der Waals surface area contributed by atoms with E-state index in [0.29, 0.717) is 11.3 Å². The molecule has 2 rings (SSSR count). The second kappa shape index (κ2) is 4.49. The molecule has 0 amide bonds. The molecule has 0 aliphatic carbocycles. The molecule has 0 spiro atoms. The van der Waals surface area contributed by atoms with Crippen LogP contribution in [0, 0.1) is 17.1 Å². The van der Waals surface area contributed by atoms with Crippen LogP contribution in [0.2, 0.25) is 0 Å². The molecule has 0 bridgehead atoms. The highest BCUT2D eigenvalue weighted by Gasteiger charge is 2.15. The van der Waals surface area contributed by atoms with Gasteiger partial charge in [0.2, 0.25) is 0 Å². The highest BCUT2D eigenvalue weighted by Crippen LogP contribution is 2.21. The molecule has 3 nitrogen and oxygen atoms in total. The van der Waals surface area contributed by atoms with E-state index in [1.54, 1.807) is 24.3 Å². The number of nitrogens with zero attached hydrogens (tertiary/aromatic N) is 3. The van der Waals surface area contributed by atoms with Crippen LogP contribution in [0.3, 0.4) is 0 Å². The maximum atomic E-state index is 13.0. The Hall–Kier alpha value is -2.28. The normalized spacial score (nSPS) is 11.8. The fraction of sp³-hybridized carbons (Fsp3) is 0.0833. The Bertz CT molecular complexity index is 519. The van der Waals surface area contributed by atoms with E-state index in [4.69, 9.17) is 5.26 Å². The maximum absolute atomic E-state index is 13.0. The lowest BCUT2D eigenvalue weighted by molar-refractivity contribution is 0.625. The Morgan fingerprint density at radius 3 is 2.75 bits per heavy atom. The second-order valence-electron chi connectivity index (χ2n) is 3.27. The number of hydrogen-bond donors (Lipinski definition) is 0. The summed E-state index contributed by atoms with van der Waals surface area (Å²) in [5, 5.41) is 16.7. The third-order valence-corrected chi connectivity index (χ3v) is 2.20. The topological polar surface area (TPSA) is 49.6 Å². The first-order chi connectivity index (χ1) is 7.81. The largest absolute Gasteiger partial charge is 0.207 e. The fourth-order valence-electron chi connectivity index (χ4n) is 1.46. The third-order valence-electron chi connectivity index (χ3n) is 2.20. The minimum absolute atomic E-state index is 0.360. The van der Waals surface area contributed by atoms with Gasteiger partial charge in [-0.1, -0.05) is 12.1 Å². The van der Waals surface area contributed by atoms with Gasteiger partial charge in [-0.15, -0.1) is 0 Å². The summed E-state index contributed by atoms with van der Waals surface area (Å²) in [6, 6.07) is 11.4. The van der Waals surface area contributed by atoms with Gasteiger partial charge in [-0.25, -0.2) is 4.39 Å². The number of aromatic nitrogens is 2. The van der Waals surface area contributed by atoms with Gasteiger partial charge in [-0.05, 0) is 29.8 Å². The van der Waals surface area contributed by atoms with Crippen molar-refractivity contribution >= 4 is 0 Å². The molecule has 0 saturated carbocycles.